The first-order chi connectivity index (χ1) is 15.5. The second kappa shape index (κ2) is 8.50. The first-order valence-electron chi connectivity index (χ1n) is 11.4. The van der Waals surface area contributed by atoms with Gasteiger partial charge in [0, 0.05) is 39.2 Å². The lowest BCUT2D eigenvalue weighted by Gasteiger charge is -2.38. The lowest BCUT2D eigenvalue weighted by Crippen LogP contribution is -2.51. The number of aryl methyl sites for hydroxylation is 2. The Kier molecular flexibility index (Phi) is 5.55. The Labute approximate surface area is 188 Å². The number of carbonyl (C=O) groups excluding carboxylic acids is 1. The molecule has 0 spiro atoms. The van der Waals surface area contributed by atoms with Gasteiger partial charge in [-0.05, 0) is 38.8 Å². The van der Waals surface area contributed by atoms with Crippen molar-refractivity contribution in [3.05, 3.63) is 41.3 Å². The van der Waals surface area contributed by atoms with Crippen LogP contribution in [0.3, 0.4) is 0 Å². The third kappa shape index (κ3) is 3.72. The molecule has 1 amide bonds. The summed E-state index contributed by atoms with van der Waals surface area (Å²) in [4.78, 5) is 26.6. The lowest BCUT2D eigenvalue weighted by molar-refractivity contribution is -0.138. The number of hydrogen-bond acceptors (Lipinski definition) is 6. The van der Waals surface area contributed by atoms with Gasteiger partial charge in [0.2, 0.25) is 5.91 Å². The molecular weight excluding hydrogens is 404 g/mol. The van der Waals surface area contributed by atoms with Crippen molar-refractivity contribution in [1.29, 1.82) is 0 Å². The largest absolute Gasteiger partial charge is 0.377 e. The quantitative estimate of drug-likeness (QED) is 0.614. The number of rotatable bonds is 5. The highest BCUT2D eigenvalue weighted by Gasteiger charge is 2.32. The number of hydrogen-bond donors (Lipinski definition) is 0. The molecule has 3 heterocycles. The number of amides is 1. The summed E-state index contributed by atoms with van der Waals surface area (Å²) in [5, 5.41) is 5.78. The number of aromatic nitrogens is 4. The summed E-state index contributed by atoms with van der Waals surface area (Å²) in [5.41, 5.74) is 3.85. The highest BCUT2D eigenvalue weighted by Crippen LogP contribution is 2.31. The number of carbonyl (C=O) groups is 1. The Morgan fingerprint density at radius 2 is 1.78 bits per heavy atom. The van der Waals surface area contributed by atoms with Crippen LogP contribution in [0.1, 0.15) is 36.3 Å². The van der Waals surface area contributed by atoms with Crippen LogP contribution in [0.5, 0.6) is 0 Å². The summed E-state index contributed by atoms with van der Waals surface area (Å²) < 4.78 is 7.25. The van der Waals surface area contributed by atoms with E-state index in [2.05, 4.69) is 36.1 Å². The van der Waals surface area contributed by atoms with E-state index in [0.29, 0.717) is 18.3 Å². The molecule has 3 aromatic rings. The van der Waals surface area contributed by atoms with Gasteiger partial charge in [0.15, 0.2) is 11.5 Å². The molecule has 1 saturated carbocycles. The average Bonchev–Trinajstić information content (AvgIpc) is 3.09. The Bertz CT molecular complexity index is 1130. The van der Waals surface area contributed by atoms with Crippen molar-refractivity contribution >= 4 is 22.8 Å². The third-order valence-corrected chi connectivity index (χ3v) is 6.63. The summed E-state index contributed by atoms with van der Waals surface area (Å²) in [6.45, 7) is 7.38. The van der Waals surface area contributed by atoms with Crippen LogP contribution in [0, 0.1) is 19.8 Å². The average molecular weight is 435 g/mol. The van der Waals surface area contributed by atoms with Crippen LogP contribution in [-0.2, 0) is 16.1 Å². The number of nitrogens with zero attached hydrogens (tertiary/aromatic N) is 6. The van der Waals surface area contributed by atoms with Crippen LogP contribution < -0.4 is 4.90 Å². The minimum atomic E-state index is 0.246. The molecule has 168 valence electrons. The van der Waals surface area contributed by atoms with Gasteiger partial charge in [0.05, 0.1) is 16.8 Å². The van der Waals surface area contributed by atoms with E-state index in [0.717, 1.165) is 67.3 Å². The van der Waals surface area contributed by atoms with Crippen LogP contribution in [0.2, 0.25) is 0 Å². The number of fused-ring (bicyclic) bond motifs is 1. The second-order valence-electron chi connectivity index (χ2n) is 8.87. The Morgan fingerprint density at radius 1 is 1.06 bits per heavy atom. The van der Waals surface area contributed by atoms with Crippen LogP contribution in [0.25, 0.3) is 16.7 Å². The second-order valence-corrected chi connectivity index (χ2v) is 8.87. The Balaban J connectivity index is 1.50. The van der Waals surface area contributed by atoms with Crippen molar-refractivity contribution in [1.82, 2.24) is 24.6 Å². The van der Waals surface area contributed by atoms with E-state index in [4.69, 9.17) is 19.8 Å². The van der Waals surface area contributed by atoms with Crippen LogP contribution in [0.15, 0.2) is 24.3 Å². The van der Waals surface area contributed by atoms with E-state index in [1.165, 1.54) is 12.0 Å². The fourth-order valence-corrected chi connectivity index (χ4v) is 4.55. The molecule has 2 aliphatic rings. The van der Waals surface area contributed by atoms with Crippen molar-refractivity contribution in [3.63, 3.8) is 0 Å². The SMILES string of the molecule is COCc1nc(N2CCN(C(=O)C3CCC3)CC2)c2c(C)nn(-c3ccc(C)cc3)c2n1. The topological polar surface area (TPSA) is 76.4 Å². The molecule has 1 aliphatic heterocycles. The van der Waals surface area contributed by atoms with E-state index in [-0.39, 0.29) is 5.92 Å². The number of methoxy groups -OCH3 is 1. The van der Waals surface area contributed by atoms with Crippen molar-refractivity contribution in [3.8, 4) is 5.69 Å². The molecule has 0 unspecified atom stereocenters. The summed E-state index contributed by atoms with van der Waals surface area (Å²) >= 11 is 0. The first-order valence-corrected chi connectivity index (χ1v) is 11.4. The molecule has 0 radical (unpaired) electrons. The smallest absolute Gasteiger partial charge is 0.225 e. The van der Waals surface area contributed by atoms with E-state index in [1.54, 1.807) is 7.11 Å². The molecule has 32 heavy (non-hydrogen) atoms. The molecule has 1 aliphatic carbocycles. The molecule has 2 aromatic heterocycles. The molecule has 1 saturated heterocycles. The van der Waals surface area contributed by atoms with Crippen LogP contribution in [-0.4, -0.2) is 63.8 Å². The number of benzene rings is 1. The fourth-order valence-electron chi connectivity index (χ4n) is 4.55. The van der Waals surface area contributed by atoms with E-state index >= 15 is 0 Å². The van der Waals surface area contributed by atoms with Gasteiger partial charge in [-0.1, -0.05) is 24.1 Å². The normalized spacial score (nSPS) is 17.1. The summed E-state index contributed by atoms with van der Waals surface area (Å²) in [5.74, 6) is 2.09. The van der Waals surface area contributed by atoms with E-state index < -0.39 is 0 Å². The van der Waals surface area contributed by atoms with Gasteiger partial charge in [0.1, 0.15) is 12.4 Å². The highest BCUT2D eigenvalue weighted by atomic mass is 16.5. The maximum atomic E-state index is 12.7. The minimum Gasteiger partial charge on any atom is -0.377 e. The highest BCUT2D eigenvalue weighted by molar-refractivity contribution is 5.91. The molecule has 0 bridgehead atoms. The van der Waals surface area contributed by atoms with Crippen molar-refractivity contribution in [2.24, 2.45) is 5.92 Å². The number of ether oxygens (including phenoxy) is 1. The van der Waals surface area contributed by atoms with E-state index in [1.807, 2.05) is 16.5 Å². The van der Waals surface area contributed by atoms with Gasteiger partial charge in [-0.2, -0.15) is 5.10 Å². The van der Waals surface area contributed by atoms with Gasteiger partial charge in [-0.15, -0.1) is 0 Å². The van der Waals surface area contributed by atoms with Crippen molar-refractivity contribution in [2.75, 3.05) is 38.2 Å². The zero-order valence-corrected chi connectivity index (χ0v) is 19.0. The van der Waals surface area contributed by atoms with Crippen molar-refractivity contribution in [2.45, 2.75) is 39.7 Å². The first kappa shape index (κ1) is 20.9. The van der Waals surface area contributed by atoms with Gasteiger partial charge in [-0.25, -0.2) is 14.6 Å². The van der Waals surface area contributed by atoms with Crippen LogP contribution in [0.4, 0.5) is 5.82 Å². The predicted octanol–water partition coefficient (Wildman–Crippen LogP) is 3.03. The zero-order chi connectivity index (χ0) is 22.2. The number of piperazine rings is 1. The molecule has 2 fully saturated rings. The van der Waals surface area contributed by atoms with Crippen molar-refractivity contribution < 1.29 is 9.53 Å². The van der Waals surface area contributed by atoms with Gasteiger partial charge < -0.3 is 14.5 Å². The summed E-state index contributed by atoms with van der Waals surface area (Å²) in [6.07, 6.45) is 3.27. The predicted molar refractivity (Wildman–Crippen MR) is 123 cm³/mol. The standard InChI is InChI=1S/C24H30N6O2/c1-16-7-9-19(10-8-16)30-23-21(17(2)27-30)22(25-20(26-23)15-32-3)28-11-13-29(14-12-28)24(31)18-5-4-6-18/h7-10,18H,4-6,11-15H2,1-3H3. The molecule has 1 aromatic carbocycles. The Morgan fingerprint density at radius 3 is 2.41 bits per heavy atom. The van der Waals surface area contributed by atoms with Gasteiger partial charge in [0.25, 0.3) is 0 Å². The van der Waals surface area contributed by atoms with Gasteiger partial charge >= 0.3 is 0 Å². The summed E-state index contributed by atoms with van der Waals surface area (Å²) in [6, 6.07) is 8.27. The molecule has 8 heteroatoms. The lowest BCUT2D eigenvalue weighted by atomic mass is 9.84. The van der Waals surface area contributed by atoms with Gasteiger partial charge in [-0.3, -0.25) is 4.79 Å². The third-order valence-electron chi connectivity index (χ3n) is 6.63. The zero-order valence-electron chi connectivity index (χ0n) is 19.0. The molecule has 5 rings (SSSR count). The van der Waals surface area contributed by atoms with Crippen LogP contribution >= 0.6 is 0 Å². The monoisotopic (exact) mass is 434 g/mol. The maximum Gasteiger partial charge on any atom is 0.225 e. The molecular formula is C24H30N6O2. The Hall–Kier alpha value is -3.00. The van der Waals surface area contributed by atoms with E-state index in [9.17, 15) is 4.79 Å². The minimum absolute atomic E-state index is 0.246. The number of anilines is 1. The maximum absolute atomic E-state index is 12.7. The molecule has 0 N–H and O–H groups in total. The molecule has 0 atom stereocenters. The summed E-state index contributed by atoms with van der Waals surface area (Å²) in [7, 11) is 1.65. The molecule has 8 nitrogen and oxygen atoms in total. The fraction of sp³-hybridized carbons (Fsp3) is 0.500.